The first-order valence-corrected chi connectivity index (χ1v) is 7.22. The minimum Gasteiger partial charge on any atom is -0.278 e. The van der Waals surface area contributed by atoms with Crippen molar-refractivity contribution < 1.29 is 13.3 Å². The van der Waals surface area contributed by atoms with Crippen LogP contribution in [0.15, 0.2) is 35.5 Å². The van der Waals surface area contributed by atoms with Gasteiger partial charge in [-0.1, -0.05) is 13.0 Å². The van der Waals surface area contributed by atoms with Gasteiger partial charge in [-0.05, 0) is 18.6 Å². The number of H-pyrrole nitrogens is 1. The summed E-state index contributed by atoms with van der Waals surface area (Å²) in [6.07, 6.45) is 1.79. The summed E-state index contributed by atoms with van der Waals surface area (Å²) in [5.74, 6) is 0. The molecule has 106 valence electrons. The summed E-state index contributed by atoms with van der Waals surface area (Å²) in [6, 6.07) is 5.51. The van der Waals surface area contributed by atoms with E-state index in [9.17, 15) is 18.5 Å². The van der Waals surface area contributed by atoms with Gasteiger partial charge in [0.1, 0.15) is 0 Å². The zero-order chi connectivity index (χ0) is 14.8. The van der Waals surface area contributed by atoms with Gasteiger partial charge in [0, 0.05) is 11.6 Å². The fraction of sp³-hybridized carbons (Fsp3) is 0.182. The van der Waals surface area contributed by atoms with Crippen molar-refractivity contribution in [1.82, 2.24) is 10.2 Å². The molecule has 0 radical (unpaired) electrons. The molecular formula is C11H12N4O4S. The number of rotatable bonds is 5. The molecule has 1 aromatic carbocycles. The van der Waals surface area contributed by atoms with E-state index in [4.69, 9.17) is 0 Å². The normalized spacial score (nSPS) is 11.2. The Hall–Kier alpha value is -2.42. The fourth-order valence-electron chi connectivity index (χ4n) is 1.70. The minimum absolute atomic E-state index is 0.111. The van der Waals surface area contributed by atoms with E-state index < -0.39 is 14.9 Å². The summed E-state index contributed by atoms with van der Waals surface area (Å²) in [5.41, 5.74) is 0.556. The van der Waals surface area contributed by atoms with Crippen LogP contribution in [-0.4, -0.2) is 23.5 Å². The van der Waals surface area contributed by atoms with Crippen molar-refractivity contribution in [3.05, 3.63) is 46.1 Å². The highest BCUT2D eigenvalue weighted by molar-refractivity contribution is 7.92. The molecule has 0 amide bonds. The van der Waals surface area contributed by atoms with Crippen LogP contribution in [0.2, 0.25) is 0 Å². The molecule has 2 N–H and O–H groups in total. The smallest absolute Gasteiger partial charge is 0.278 e. The van der Waals surface area contributed by atoms with Crippen LogP contribution in [0.3, 0.4) is 0 Å². The second-order valence-corrected chi connectivity index (χ2v) is 5.63. The number of nitro groups is 1. The quantitative estimate of drug-likeness (QED) is 0.642. The first-order valence-electron chi connectivity index (χ1n) is 5.73. The number of benzene rings is 1. The summed E-state index contributed by atoms with van der Waals surface area (Å²) >= 11 is 0. The lowest BCUT2D eigenvalue weighted by Crippen LogP contribution is -2.13. The van der Waals surface area contributed by atoms with Gasteiger partial charge in [0.05, 0.1) is 16.8 Å². The van der Waals surface area contributed by atoms with Crippen LogP contribution >= 0.6 is 0 Å². The van der Waals surface area contributed by atoms with Gasteiger partial charge in [-0.2, -0.15) is 13.5 Å². The molecule has 1 aromatic heterocycles. The Morgan fingerprint density at radius 2 is 2.15 bits per heavy atom. The third kappa shape index (κ3) is 2.77. The summed E-state index contributed by atoms with van der Waals surface area (Å²) in [6.45, 7) is 1.79. The molecule has 1 heterocycles. The van der Waals surface area contributed by atoms with E-state index in [0.29, 0.717) is 12.0 Å². The third-order valence-electron chi connectivity index (χ3n) is 2.68. The molecule has 0 unspecified atom stereocenters. The highest BCUT2D eigenvalue weighted by Crippen LogP contribution is 2.25. The Bertz CT molecular complexity index is 725. The van der Waals surface area contributed by atoms with Crippen molar-refractivity contribution in [3.8, 4) is 0 Å². The van der Waals surface area contributed by atoms with E-state index >= 15 is 0 Å². The van der Waals surface area contributed by atoms with E-state index in [1.807, 2.05) is 0 Å². The van der Waals surface area contributed by atoms with Crippen LogP contribution < -0.4 is 4.72 Å². The zero-order valence-electron chi connectivity index (χ0n) is 10.5. The maximum Gasteiger partial charge on any atom is 0.278 e. The molecule has 0 aliphatic heterocycles. The average Bonchev–Trinajstić information content (AvgIpc) is 2.92. The number of hydrogen-bond donors (Lipinski definition) is 2. The summed E-state index contributed by atoms with van der Waals surface area (Å²) in [7, 11) is -3.82. The molecule has 0 saturated heterocycles. The monoisotopic (exact) mass is 296 g/mol. The number of aromatic amines is 1. The Morgan fingerprint density at radius 3 is 2.70 bits per heavy atom. The number of aryl methyl sites for hydroxylation is 1. The van der Waals surface area contributed by atoms with Gasteiger partial charge in [-0.3, -0.25) is 19.9 Å². The molecule has 0 atom stereocenters. The van der Waals surface area contributed by atoms with E-state index in [-0.39, 0.29) is 16.4 Å². The maximum atomic E-state index is 11.9. The van der Waals surface area contributed by atoms with Crippen molar-refractivity contribution >= 4 is 21.4 Å². The number of sulfonamides is 1. The topological polar surface area (TPSA) is 118 Å². The first kappa shape index (κ1) is 14.0. The maximum absolute atomic E-state index is 11.9. The average molecular weight is 296 g/mol. The SMILES string of the molecule is CCc1ccc(NS(=O)(=O)c2ccn[nH]2)cc1[N+](=O)[O-]. The van der Waals surface area contributed by atoms with Crippen LogP contribution in [0.5, 0.6) is 0 Å². The molecule has 0 bridgehead atoms. The molecular weight excluding hydrogens is 284 g/mol. The van der Waals surface area contributed by atoms with Gasteiger partial charge in [0.25, 0.3) is 15.7 Å². The number of aromatic nitrogens is 2. The fourth-order valence-corrected chi connectivity index (χ4v) is 2.66. The summed E-state index contributed by atoms with van der Waals surface area (Å²) in [4.78, 5) is 10.4. The largest absolute Gasteiger partial charge is 0.278 e. The predicted octanol–water partition coefficient (Wildman–Crippen LogP) is 1.68. The number of anilines is 1. The molecule has 8 nitrogen and oxygen atoms in total. The van der Waals surface area contributed by atoms with Gasteiger partial charge < -0.3 is 0 Å². The lowest BCUT2D eigenvalue weighted by Gasteiger charge is -2.07. The molecule has 0 spiro atoms. The lowest BCUT2D eigenvalue weighted by molar-refractivity contribution is -0.385. The molecule has 9 heteroatoms. The van der Waals surface area contributed by atoms with Gasteiger partial charge in [-0.25, -0.2) is 0 Å². The molecule has 0 aliphatic rings. The summed E-state index contributed by atoms with van der Waals surface area (Å²) in [5, 5.41) is 16.7. The van der Waals surface area contributed by atoms with Crippen LogP contribution in [-0.2, 0) is 16.4 Å². The van der Waals surface area contributed by atoms with E-state index in [0.717, 1.165) is 0 Å². The summed E-state index contributed by atoms with van der Waals surface area (Å²) < 4.78 is 26.2. The highest BCUT2D eigenvalue weighted by Gasteiger charge is 2.18. The van der Waals surface area contributed by atoms with Crippen molar-refractivity contribution in [3.63, 3.8) is 0 Å². The molecule has 0 fully saturated rings. The van der Waals surface area contributed by atoms with Gasteiger partial charge in [0.2, 0.25) is 0 Å². The van der Waals surface area contributed by atoms with Crippen LogP contribution in [0.4, 0.5) is 11.4 Å². The van der Waals surface area contributed by atoms with Crippen molar-refractivity contribution in [2.75, 3.05) is 4.72 Å². The van der Waals surface area contributed by atoms with Crippen LogP contribution in [0, 0.1) is 10.1 Å². The van der Waals surface area contributed by atoms with Gasteiger partial charge >= 0.3 is 0 Å². The highest BCUT2D eigenvalue weighted by atomic mass is 32.2. The number of nitrogens with one attached hydrogen (secondary N) is 2. The number of nitrogens with zero attached hydrogens (tertiary/aromatic N) is 2. The number of hydrogen-bond acceptors (Lipinski definition) is 5. The Morgan fingerprint density at radius 1 is 1.40 bits per heavy atom. The molecule has 2 aromatic rings. The van der Waals surface area contributed by atoms with E-state index in [1.54, 1.807) is 6.92 Å². The predicted molar refractivity (Wildman–Crippen MR) is 71.9 cm³/mol. The molecule has 0 aliphatic carbocycles. The Balaban J connectivity index is 2.36. The second kappa shape index (κ2) is 5.29. The number of nitro benzene ring substituents is 1. The minimum atomic E-state index is -3.82. The third-order valence-corrected chi connectivity index (χ3v) is 3.99. The lowest BCUT2D eigenvalue weighted by atomic mass is 10.1. The molecule has 0 saturated carbocycles. The zero-order valence-corrected chi connectivity index (χ0v) is 11.3. The van der Waals surface area contributed by atoms with Crippen LogP contribution in [0.25, 0.3) is 0 Å². The Labute approximate surface area is 115 Å². The standard InChI is InChI=1S/C11H12N4O4S/c1-2-8-3-4-9(7-10(8)15(16)17)14-20(18,19)11-5-6-12-13-11/h3-7,14H,2H2,1H3,(H,12,13). The molecule has 20 heavy (non-hydrogen) atoms. The first-order chi connectivity index (χ1) is 9.44. The van der Waals surface area contributed by atoms with Crippen LogP contribution in [0.1, 0.15) is 12.5 Å². The molecule has 2 rings (SSSR count). The van der Waals surface area contributed by atoms with E-state index in [2.05, 4.69) is 14.9 Å². The van der Waals surface area contributed by atoms with Crippen molar-refractivity contribution in [2.24, 2.45) is 0 Å². The van der Waals surface area contributed by atoms with Crippen molar-refractivity contribution in [2.45, 2.75) is 18.4 Å². The Kier molecular flexibility index (Phi) is 3.70. The second-order valence-electron chi connectivity index (χ2n) is 3.98. The van der Waals surface area contributed by atoms with Gasteiger partial charge in [-0.15, -0.1) is 0 Å². The van der Waals surface area contributed by atoms with Gasteiger partial charge in [0.15, 0.2) is 5.03 Å². The van der Waals surface area contributed by atoms with E-state index in [1.165, 1.54) is 30.5 Å². The van der Waals surface area contributed by atoms with Crippen molar-refractivity contribution in [1.29, 1.82) is 0 Å².